The van der Waals surface area contributed by atoms with E-state index < -0.39 is 0 Å². The van der Waals surface area contributed by atoms with Crippen LogP contribution in [0, 0.1) is 0 Å². The van der Waals surface area contributed by atoms with E-state index in [0.717, 1.165) is 11.4 Å². The van der Waals surface area contributed by atoms with Crippen LogP contribution >= 0.6 is 0 Å². The molecule has 1 aliphatic heterocycles. The number of hydrogen-bond acceptors (Lipinski definition) is 3. The molecule has 0 bridgehead atoms. The first kappa shape index (κ1) is 19.7. The second kappa shape index (κ2) is 8.82. The van der Waals surface area contributed by atoms with E-state index in [-0.39, 0.29) is 11.8 Å². The van der Waals surface area contributed by atoms with Crippen LogP contribution in [0.2, 0.25) is 0 Å². The number of carbonyl (C=O) groups is 2. The lowest BCUT2D eigenvalue weighted by Gasteiger charge is -2.35. The Morgan fingerprint density at radius 3 is 1.80 bits per heavy atom. The van der Waals surface area contributed by atoms with Crippen LogP contribution in [0.3, 0.4) is 0 Å². The molecule has 0 saturated carbocycles. The Morgan fingerprint density at radius 1 is 0.667 bits per heavy atom. The van der Waals surface area contributed by atoms with E-state index >= 15 is 0 Å². The van der Waals surface area contributed by atoms with Gasteiger partial charge in [0.25, 0.3) is 11.8 Å². The summed E-state index contributed by atoms with van der Waals surface area (Å²) in [6.07, 6.45) is 0. The largest absolute Gasteiger partial charge is 0.344 e. The molecule has 1 aliphatic rings. The SMILES string of the molecule is CN(c1ccccc1)c1ccccc1C(=O)N1CCN(C(=O)c2ccccc2)CC1. The smallest absolute Gasteiger partial charge is 0.256 e. The highest BCUT2D eigenvalue weighted by Gasteiger charge is 2.27. The van der Waals surface area contributed by atoms with Crippen LogP contribution in [0.25, 0.3) is 0 Å². The fourth-order valence-corrected chi connectivity index (χ4v) is 3.78. The van der Waals surface area contributed by atoms with Gasteiger partial charge in [-0.25, -0.2) is 0 Å². The second-order valence-corrected chi connectivity index (χ2v) is 7.36. The average Bonchev–Trinajstić information content (AvgIpc) is 2.84. The van der Waals surface area contributed by atoms with E-state index in [2.05, 4.69) is 0 Å². The van der Waals surface area contributed by atoms with Crippen molar-refractivity contribution in [2.45, 2.75) is 0 Å². The van der Waals surface area contributed by atoms with Gasteiger partial charge in [-0.1, -0.05) is 48.5 Å². The van der Waals surface area contributed by atoms with Crippen molar-refractivity contribution in [1.82, 2.24) is 9.80 Å². The molecule has 2 amide bonds. The number of amides is 2. The Kier molecular flexibility index (Phi) is 5.80. The number of anilines is 2. The van der Waals surface area contributed by atoms with Crippen LogP contribution < -0.4 is 4.90 Å². The first-order chi connectivity index (χ1) is 14.6. The molecule has 4 rings (SSSR count). The van der Waals surface area contributed by atoms with Crippen molar-refractivity contribution in [2.75, 3.05) is 38.1 Å². The Bertz CT molecular complexity index is 1010. The molecule has 3 aromatic rings. The molecule has 0 N–H and O–H groups in total. The molecule has 152 valence electrons. The van der Waals surface area contributed by atoms with E-state index in [0.29, 0.717) is 37.3 Å². The van der Waals surface area contributed by atoms with E-state index in [1.54, 1.807) is 0 Å². The zero-order valence-electron chi connectivity index (χ0n) is 17.1. The minimum atomic E-state index is 0.000177. The third-order valence-electron chi connectivity index (χ3n) is 5.51. The number of carbonyl (C=O) groups excluding carboxylic acids is 2. The topological polar surface area (TPSA) is 43.9 Å². The zero-order valence-corrected chi connectivity index (χ0v) is 17.1. The van der Waals surface area contributed by atoms with Gasteiger partial charge in [-0.05, 0) is 36.4 Å². The third kappa shape index (κ3) is 4.06. The van der Waals surface area contributed by atoms with Crippen molar-refractivity contribution in [3.8, 4) is 0 Å². The molecule has 5 heteroatoms. The molecular weight excluding hydrogens is 374 g/mol. The summed E-state index contributed by atoms with van der Waals surface area (Å²) in [5.74, 6) is 0.0205. The number of piperazine rings is 1. The Morgan fingerprint density at radius 2 is 1.17 bits per heavy atom. The summed E-state index contributed by atoms with van der Waals surface area (Å²) in [6.45, 7) is 2.13. The first-order valence-electron chi connectivity index (χ1n) is 10.2. The number of nitrogens with zero attached hydrogens (tertiary/aromatic N) is 3. The van der Waals surface area contributed by atoms with Gasteiger partial charge in [-0.15, -0.1) is 0 Å². The van der Waals surface area contributed by atoms with E-state index in [9.17, 15) is 9.59 Å². The molecule has 1 fully saturated rings. The number of hydrogen-bond donors (Lipinski definition) is 0. The molecule has 1 saturated heterocycles. The molecule has 0 spiro atoms. The van der Waals surface area contributed by atoms with Crippen molar-refractivity contribution < 1.29 is 9.59 Å². The molecule has 5 nitrogen and oxygen atoms in total. The number of benzene rings is 3. The van der Waals surface area contributed by atoms with Crippen LogP contribution in [-0.2, 0) is 0 Å². The maximum Gasteiger partial charge on any atom is 0.256 e. The number of rotatable bonds is 4. The Balaban J connectivity index is 1.47. The lowest BCUT2D eigenvalue weighted by Crippen LogP contribution is -2.50. The quantitative estimate of drug-likeness (QED) is 0.665. The maximum absolute atomic E-state index is 13.3. The molecule has 30 heavy (non-hydrogen) atoms. The number of para-hydroxylation sites is 2. The van der Waals surface area contributed by atoms with Crippen molar-refractivity contribution in [2.24, 2.45) is 0 Å². The summed E-state index contributed by atoms with van der Waals surface area (Å²) < 4.78 is 0. The summed E-state index contributed by atoms with van der Waals surface area (Å²) in [7, 11) is 1.97. The first-order valence-corrected chi connectivity index (χ1v) is 10.2. The average molecular weight is 399 g/mol. The van der Waals surface area contributed by atoms with Crippen LogP contribution in [-0.4, -0.2) is 54.8 Å². The van der Waals surface area contributed by atoms with Gasteiger partial charge in [-0.2, -0.15) is 0 Å². The molecule has 0 atom stereocenters. The normalized spacial score (nSPS) is 13.8. The summed E-state index contributed by atoms with van der Waals surface area (Å²) in [5, 5.41) is 0. The van der Waals surface area contributed by atoms with Gasteiger partial charge in [-0.3, -0.25) is 9.59 Å². The van der Waals surface area contributed by atoms with Crippen molar-refractivity contribution in [1.29, 1.82) is 0 Å². The fraction of sp³-hybridized carbons (Fsp3) is 0.200. The van der Waals surface area contributed by atoms with Crippen LogP contribution in [0.1, 0.15) is 20.7 Å². The van der Waals surface area contributed by atoms with Crippen LogP contribution in [0.15, 0.2) is 84.9 Å². The zero-order chi connectivity index (χ0) is 20.9. The monoisotopic (exact) mass is 399 g/mol. The van der Waals surface area contributed by atoms with Crippen LogP contribution in [0.4, 0.5) is 11.4 Å². The van der Waals surface area contributed by atoms with E-state index in [1.165, 1.54) is 0 Å². The lowest BCUT2D eigenvalue weighted by molar-refractivity contribution is 0.0536. The summed E-state index contributed by atoms with van der Waals surface area (Å²) in [4.78, 5) is 31.7. The summed E-state index contributed by atoms with van der Waals surface area (Å²) >= 11 is 0. The van der Waals surface area contributed by atoms with Gasteiger partial charge in [0, 0.05) is 44.5 Å². The van der Waals surface area contributed by atoms with E-state index in [4.69, 9.17) is 0 Å². The Labute approximate surface area is 177 Å². The predicted octanol–water partition coefficient (Wildman–Crippen LogP) is 4.05. The molecule has 0 aromatic heterocycles. The van der Waals surface area contributed by atoms with Gasteiger partial charge >= 0.3 is 0 Å². The van der Waals surface area contributed by atoms with Gasteiger partial charge in [0.15, 0.2) is 0 Å². The highest BCUT2D eigenvalue weighted by Crippen LogP contribution is 2.28. The van der Waals surface area contributed by atoms with Crippen molar-refractivity contribution in [3.05, 3.63) is 96.1 Å². The molecule has 0 aliphatic carbocycles. The van der Waals surface area contributed by atoms with Gasteiger partial charge < -0.3 is 14.7 Å². The molecule has 0 unspecified atom stereocenters. The standard InChI is InChI=1S/C25H25N3O2/c1-26(21-12-6-3-7-13-21)23-15-9-8-14-22(23)25(30)28-18-16-27(17-19-28)24(29)20-10-4-2-5-11-20/h2-15H,16-19H2,1H3. The molecule has 3 aromatic carbocycles. The van der Waals surface area contributed by atoms with Gasteiger partial charge in [0.2, 0.25) is 0 Å². The predicted molar refractivity (Wildman–Crippen MR) is 119 cm³/mol. The minimum absolute atomic E-state index is 0.000177. The maximum atomic E-state index is 13.3. The third-order valence-corrected chi connectivity index (χ3v) is 5.51. The highest BCUT2D eigenvalue weighted by molar-refractivity contribution is 6.01. The van der Waals surface area contributed by atoms with Gasteiger partial charge in [0.05, 0.1) is 11.3 Å². The van der Waals surface area contributed by atoms with Crippen molar-refractivity contribution in [3.63, 3.8) is 0 Å². The van der Waals surface area contributed by atoms with Crippen molar-refractivity contribution >= 4 is 23.2 Å². The highest BCUT2D eigenvalue weighted by atomic mass is 16.2. The molecule has 0 radical (unpaired) electrons. The minimum Gasteiger partial charge on any atom is -0.344 e. The van der Waals surface area contributed by atoms with Crippen LogP contribution in [0.5, 0.6) is 0 Å². The Hall–Kier alpha value is -3.60. The fourth-order valence-electron chi connectivity index (χ4n) is 3.78. The molecule has 1 heterocycles. The second-order valence-electron chi connectivity index (χ2n) is 7.36. The molecular formula is C25H25N3O2. The summed E-state index contributed by atoms with van der Waals surface area (Å²) in [6, 6.07) is 27.0. The van der Waals surface area contributed by atoms with E-state index in [1.807, 2.05) is 107 Å². The summed E-state index contributed by atoms with van der Waals surface area (Å²) in [5.41, 5.74) is 3.26. The van der Waals surface area contributed by atoms with Gasteiger partial charge in [0.1, 0.15) is 0 Å². The lowest BCUT2D eigenvalue weighted by atomic mass is 10.1.